The normalized spacial score (nSPS) is 15.1. The lowest BCUT2D eigenvalue weighted by molar-refractivity contribution is -0.137. The molecule has 0 bridgehead atoms. The number of rotatable bonds is 0. The van der Waals surface area contributed by atoms with Gasteiger partial charge in [0.05, 0.1) is 16.1 Å². The summed E-state index contributed by atoms with van der Waals surface area (Å²) in [6.45, 7) is 0.167. The highest BCUT2D eigenvalue weighted by molar-refractivity contribution is 6.32. The highest BCUT2D eigenvalue weighted by atomic mass is 35.5. The summed E-state index contributed by atoms with van der Waals surface area (Å²) in [5.74, 6) is -0.494. The first-order chi connectivity index (χ1) is 9.88. The monoisotopic (exact) mass is 317 g/mol. The van der Waals surface area contributed by atoms with E-state index in [2.05, 4.69) is 4.98 Å². The van der Waals surface area contributed by atoms with Crippen LogP contribution in [-0.4, -0.2) is 24.2 Å². The number of nitrogens with zero attached hydrogens (tertiary/aromatic N) is 1. The molecule has 1 aromatic heterocycles. The molecule has 1 aromatic carbocycles. The van der Waals surface area contributed by atoms with Crippen LogP contribution in [-0.2, 0) is 10.9 Å². The summed E-state index contributed by atoms with van der Waals surface area (Å²) in [5, 5.41) is -0.240. The molecular weight excluding hydrogens is 311 g/mol. The van der Waals surface area contributed by atoms with E-state index < -0.39 is 22.7 Å². The van der Waals surface area contributed by atoms with Gasteiger partial charge >= 0.3 is 12.1 Å². The number of pyridine rings is 1. The SMILES string of the molecule is O=C1OCCOc2c1cnc1cc(C(F)(F)F)c(Cl)cc21. The molecule has 1 aliphatic rings. The van der Waals surface area contributed by atoms with Gasteiger partial charge in [0.1, 0.15) is 24.5 Å². The predicted molar refractivity (Wildman–Crippen MR) is 67.5 cm³/mol. The van der Waals surface area contributed by atoms with E-state index in [4.69, 9.17) is 21.1 Å². The van der Waals surface area contributed by atoms with Crippen LogP contribution < -0.4 is 4.74 Å². The average molecular weight is 318 g/mol. The minimum atomic E-state index is -4.58. The van der Waals surface area contributed by atoms with E-state index in [0.717, 1.165) is 18.3 Å². The number of fused-ring (bicyclic) bond motifs is 3. The van der Waals surface area contributed by atoms with Gasteiger partial charge in [-0.25, -0.2) is 4.79 Å². The summed E-state index contributed by atoms with van der Waals surface area (Å²) in [5.41, 5.74) is -0.878. The van der Waals surface area contributed by atoms with Crippen molar-refractivity contribution in [3.63, 3.8) is 0 Å². The molecule has 0 radical (unpaired) electrons. The van der Waals surface area contributed by atoms with Gasteiger partial charge in [-0.2, -0.15) is 13.2 Å². The molecule has 3 rings (SSSR count). The predicted octanol–water partition coefficient (Wildman–Crippen LogP) is 3.46. The van der Waals surface area contributed by atoms with E-state index in [1.54, 1.807) is 0 Å². The van der Waals surface area contributed by atoms with E-state index in [1.165, 1.54) is 0 Å². The molecule has 21 heavy (non-hydrogen) atoms. The standard InChI is InChI=1S/C13H7ClF3NO3/c14-9-3-6-10(4-8(9)13(15,16)17)18-5-7-11(6)20-1-2-21-12(7)19/h3-5H,1-2H2. The quantitative estimate of drug-likeness (QED) is 0.698. The number of esters is 1. The molecule has 0 saturated carbocycles. The van der Waals surface area contributed by atoms with Crippen LogP contribution in [0.15, 0.2) is 18.3 Å². The molecule has 2 heterocycles. The number of ether oxygens (including phenoxy) is 2. The van der Waals surface area contributed by atoms with Crippen LogP contribution in [0.5, 0.6) is 5.75 Å². The first kappa shape index (κ1) is 13.9. The van der Waals surface area contributed by atoms with Crippen LogP contribution in [0.1, 0.15) is 15.9 Å². The lowest BCUT2D eigenvalue weighted by atomic mass is 10.1. The number of benzene rings is 1. The number of cyclic esters (lactones) is 1. The minimum Gasteiger partial charge on any atom is -0.488 e. The van der Waals surface area contributed by atoms with Gasteiger partial charge in [0.15, 0.2) is 0 Å². The van der Waals surface area contributed by atoms with Crippen molar-refractivity contribution in [1.82, 2.24) is 4.98 Å². The number of halogens is 4. The molecule has 4 nitrogen and oxygen atoms in total. The first-order valence-corrected chi connectivity index (χ1v) is 6.25. The van der Waals surface area contributed by atoms with Crippen molar-refractivity contribution in [3.05, 3.63) is 34.5 Å². The van der Waals surface area contributed by atoms with Crippen molar-refractivity contribution in [2.45, 2.75) is 6.18 Å². The largest absolute Gasteiger partial charge is 0.488 e. The minimum absolute atomic E-state index is 0.0418. The molecule has 2 aromatic rings. The third-order valence-electron chi connectivity index (χ3n) is 3.00. The fraction of sp³-hybridized carbons (Fsp3) is 0.231. The summed E-state index contributed by atoms with van der Waals surface area (Å²) in [6, 6.07) is 1.93. The van der Waals surface area contributed by atoms with E-state index in [0.29, 0.717) is 0 Å². The van der Waals surface area contributed by atoms with E-state index in [9.17, 15) is 18.0 Å². The number of carbonyl (C=O) groups excluding carboxylic acids is 1. The highest BCUT2D eigenvalue weighted by Crippen LogP contribution is 2.39. The average Bonchev–Trinajstić information content (AvgIpc) is 2.59. The molecule has 1 aliphatic heterocycles. The van der Waals surface area contributed by atoms with Crippen molar-refractivity contribution in [1.29, 1.82) is 0 Å². The molecular formula is C13H7ClF3NO3. The lowest BCUT2D eigenvalue weighted by Gasteiger charge is -2.12. The summed E-state index contributed by atoms with van der Waals surface area (Å²) in [4.78, 5) is 15.6. The molecule has 0 aliphatic carbocycles. The maximum atomic E-state index is 12.8. The van der Waals surface area contributed by atoms with Crippen LogP contribution in [0, 0.1) is 0 Å². The Kier molecular flexibility index (Phi) is 3.16. The van der Waals surface area contributed by atoms with Gasteiger partial charge in [-0.05, 0) is 12.1 Å². The van der Waals surface area contributed by atoms with Crippen molar-refractivity contribution in [2.75, 3.05) is 13.2 Å². The molecule has 0 amide bonds. The Morgan fingerprint density at radius 3 is 2.62 bits per heavy atom. The Morgan fingerprint density at radius 2 is 1.90 bits per heavy atom. The second-order valence-electron chi connectivity index (χ2n) is 4.33. The zero-order valence-corrected chi connectivity index (χ0v) is 11.1. The molecule has 110 valence electrons. The smallest absolute Gasteiger partial charge is 0.417 e. The number of aromatic nitrogens is 1. The first-order valence-electron chi connectivity index (χ1n) is 5.87. The van der Waals surface area contributed by atoms with Gasteiger partial charge in [-0.1, -0.05) is 11.6 Å². The van der Waals surface area contributed by atoms with E-state index in [-0.39, 0.29) is 35.4 Å². The van der Waals surface area contributed by atoms with E-state index >= 15 is 0 Å². The molecule has 0 N–H and O–H groups in total. The van der Waals surface area contributed by atoms with Gasteiger partial charge in [0.25, 0.3) is 0 Å². The van der Waals surface area contributed by atoms with Crippen LogP contribution in [0.2, 0.25) is 5.02 Å². The maximum Gasteiger partial charge on any atom is 0.417 e. The Balaban J connectivity index is 2.28. The van der Waals surface area contributed by atoms with Crippen LogP contribution in [0.3, 0.4) is 0 Å². The fourth-order valence-corrected chi connectivity index (χ4v) is 2.33. The number of hydrogen-bond acceptors (Lipinski definition) is 4. The highest BCUT2D eigenvalue weighted by Gasteiger charge is 2.34. The van der Waals surface area contributed by atoms with Gasteiger partial charge in [0.2, 0.25) is 0 Å². The molecule has 0 atom stereocenters. The second-order valence-corrected chi connectivity index (χ2v) is 4.74. The number of alkyl halides is 3. The zero-order valence-electron chi connectivity index (χ0n) is 10.3. The number of carbonyl (C=O) groups is 1. The number of hydrogen-bond donors (Lipinski definition) is 0. The molecule has 0 spiro atoms. The summed E-state index contributed by atoms with van der Waals surface area (Å²) < 4.78 is 48.7. The van der Waals surface area contributed by atoms with Crippen molar-refractivity contribution in [3.8, 4) is 5.75 Å². The zero-order chi connectivity index (χ0) is 15.2. The van der Waals surface area contributed by atoms with Crippen molar-refractivity contribution >= 4 is 28.5 Å². The summed E-state index contributed by atoms with van der Waals surface area (Å²) in [6.07, 6.45) is -3.45. The van der Waals surface area contributed by atoms with Crippen LogP contribution >= 0.6 is 11.6 Å². The maximum absolute atomic E-state index is 12.8. The van der Waals surface area contributed by atoms with Crippen molar-refractivity contribution in [2.24, 2.45) is 0 Å². The Hall–Kier alpha value is -2.02. The molecule has 0 unspecified atom stereocenters. The molecule has 0 fully saturated rings. The van der Waals surface area contributed by atoms with Gasteiger partial charge in [-0.15, -0.1) is 0 Å². The summed E-state index contributed by atoms with van der Waals surface area (Å²) >= 11 is 5.69. The van der Waals surface area contributed by atoms with Crippen LogP contribution in [0.25, 0.3) is 10.9 Å². The topological polar surface area (TPSA) is 48.4 Å². The Morgan fingerprint density at radius 1 is 1.19 bits per heavy atom. The molecule has 0 saturated heterocycles. The third-order valence-corrected chi connectivity index (χ3v) is 3.31. The fourth-order valence-electron chi connectivity index (χ4n) is 2.06. The third kappa shape index (κ3) is 2.37. The van der Waals surface area contributed by atoms with Gasteiger partial charge in [0, 0.05) is 11.6 Å². The van der Waals surface area contributed by atoms with Gasteiger partial charge in [-0.3, -0.25) is 4.98 Å². The van der Waals surface area contributed by atoms with Crippen molar-refractivity contribution < 1.29 is 27.4 Å². The van der Waals surface area contributed by atoms with Gasteiger partial charge < -0.3 is 9.47 Å². The lowest BCUT2D eigenvalue weighted by Crippen LogP contribution is -2.07. The Labute approximate surface area is 121 Å². The van der Waals surface area contributed by atoms with E-state index in [1.807, 2.05) is 0 Å². The second kappa shape index (κ2) is 4.77. The summed E-state index contributed by atoms with van der Waals surface area (Å²) in [7, 11) is 0. The molecule has 8 heteroatoms. The Bertz CT molecular complexity index is 745. The van der Waals surface area contributed by atoms with Crippen LogP contribution in [0.4, 0.5) is 13.2 Å².